The van der Waals surface area contributed by atoms with Crippen molar-refractivity contribution in [2.24, 2.45) is 9.98 Å². The molecule has 0 saturated carbocycles. The zero-order valence-electron chi connectivity index (χ0n) is 18.7. The van der Waals surface area contributed by atoms with Crippen molar-refractivity contribution in [2.75, 3.05) is 39.3 Å². The third-order valence-corrected chi connectivity index (χ3v) is 4.90. The second-order valence-corrected chi connectivity index (χ2v) is 7.46. The van der Waals surface area contributed by atoms with Crippen molar-refractivity contribution < 1.29 is 19.0 Å². The van der Waals surface area contributed by atoms with Crippen molar-refractivity contribution >= 4 is 11.4 Å². The summed E-state index contributed by atoms with van der Waals surface area (Å²) in [5.74, 6) is -0.724. The predicted octanol–water partition coefficient (Wildman–Crippen LogP) is 3.65. The van der Waals surface area contributed by atoms with Gasteiger partial charge in [0.25, 0.3) is 0 Å². The van der Waals surface area contributed by atoms with Crippen LogP contribution < -0.4 is 10.6 Å². The topological polar surface area (TPSA) is 89.2 Å². The van der Waals surface area contributed by atoms with Crippen LogP contribution in [0.2, 0.25) is 0 Å². The summed E-state index contributed by atoms with van der Waals surface area (Å²) in [5.41, 5.74) is 2.09. The average Bonchev–Trinajstić information content (AvgIpc) is 2.77. The first-order chi connectivity index (χ1) is 15.4. The fourth-order valence-electron chi connectivity index (χ4n) is 3.09. The van der Waals surface area contributed by atoms with Crippen molar-refractivity contribution in [2.45, 2.75) is 26.7 Å². The highest BCUT2D eigenvalue weighted by molar-refractivity contribution is 6.01. The van der Waals surface area contributed by atoms with Crippen LogP contribution in [0.5, 0.6) is 11.5 Å². The molecule has 0 aliphatic carbocycles. The summed E-state index contributed by atoms with van der Waals surface area (Å²) in [4.78, 5) is 8.79. The van der Waals surface area contributed by atoms with Gasteiger partial charge in [-0.15, -0.1) is 0 Å². The van der Waals surface area contributed by atoms with E-state index in [1.54, 1.807) is 13.8 Å². The van der Waals surface area contributed by atoms with Gasteiger partial charge in [-0.05, 0) is 76.2 Å². The van der Waals surface area contributed by atoms with Crippen molar-refractivity contribution in [3.05, 3.63) is 59.2 Å². The second-order valence-electron chi connectivity index (χ2n) is 7.46. The Morgan fingerprint density at radius 3 is 1.53 bits per heavy atom. The molecule has 8 heteroatoms. The van der Waals surface area contributed by atoms with Crippen molar-refractivity contribution in [3.8, 4) is 11.5 Å². The fraction of sp³-hybridized carbons (Fsp3) is 0.417. The van der Waals surface area contributed by atoms with Crippen LogP contribution in [-0.2, 0) is 0 Å². The standard InChI is InChI=1S/C24H32F2N4O2/c1-17(21-15-19(25)5-7-23(21)31)29-11-3-9-27-13-14-28-10-4-12-30-18(2)22-16-20(26)6-8-24(22)32/h5-8,15-16,27-28,31-32H,3-4,9-14H2,1-2H3. The van der Waals surface area contributed by atoms with Gasteiger partial charge in [-0.1, -0.05) is 0 Å². The Kier molecular flexibility index (Phi) is 10.8. The number of nitrogens with zero attached hydrogens (tertiary/aromatic N) is 2. The van der Waals surface area contributed by atoms with E-state index in [0.717, 1.165) is 39.0 Å². The van der Waals surface area contributed by atoms with Crippen LogP contribution in [0.15, 0.2) is 46.4 Å². The monoisotopic (exact) mass is 446 g/mol. The van der Waals surface area contributed by atoms with Gasteiger partial charge in [0, 0.05) is 48.7 Å². The Morgan fingerprint density at radius 1 is 0.719 bits per heavy atom. The zero-order chi connectivity index (χ0) is 23.3. The van der Waals surface area contributed by atoms with Crippen LogP contribution in [0.4, 0.5) is 8.78 Å². The number of hydrogen-bond donors (Lipinski definition) is 4. The SMILES string of the molecule is CC(=NCCCNCCNCCCN=C(C)c1cc(F)ccc1O)c1cc(F)ccc1O. The van der Waals surface area contributed by atoms with Crippen LogP contribution in [-0.4, -0.2) is 60.9 Å². The number of aromatic hydroxyl groups is 2. The van der Waals surface area contributed by atoms with E-state index in [1.165, 1.54) is 36.4 Å². The number of phenolic OH excluding ortho intramolecular Hbond substituents is 2. The molecule has 0 fully saturated rings. The fourth-order valence-corrected chi connectivity index (χ4v) is 3.09. The molecule has 4 N–H and O–H groups in total. The Hall–Kier alpha value is -2.84. The minimum absolute atomic E-state index is 0.0322. The van der Waals surface area contributed by atoms with Gasteiger partial charge < -0.3 is 20.8 Å². The van der Waals surface area contributed by atoms with Gasteiger partial charge in [-0.25, -0.2) is 8.78 Å². The minimum Gasteiger partial charge on any atom is -0.507 e. The van der Waals surface area contributed by atoms with Gasteiger partial charge >= 0.3 is 0 Å². The maximum Gasteiger partial charge on any atom is 0.124 e. The summed E-state index contributed by atoms with van der Waals surface area (Å²) in [7, 11) is 0. The Morgan fingerprint density at radius 2 is 1.12 bits per heavy atom. The summed E-state index contributed by atoms with van der Waals surface area (Å²) in [5, 5.41) is 26.2. The lowest BCUT2D eigenvalue weighted by Crippen LogP contribution is -2.29. The van der Waals surface area contributed by atoms with Crippen LogP contribution in [0.1, 0.15) is 37.8 Å². The Bertz CT molecular complexity index is 857. The van der Waals surface area contributed by atoms with Gasteiger partial charge in [0.05, 0.1) is 0 Å². The molecule has 0 aliphatic rings. The van der Waals surface area contributed by atoms with E-state index < -0.39 is 11.6 Å². The molecule has 174 valence electrons. The smallest absolute Gasteiger partial charge is 0.124 e. The number of benzene rings is 2. The Balaban J connectivity index is 1.52. The lowest BCUT2D eigenvalue weighted by atomic mass is 10.1. The molecule has 0 amide bonds. The molecule has 0 heterocycles. The molecule has 0 unspecified atom stereocenters. The van der Waals surface area contributed by atoms with Gasteiger partial charge in [-0.2, -0.15) is 0 Å². The van der Waals surface area contributed by atoms with E-state index in [2.05, 4.69) is 20.6 Å². The quantitative estimate of drug-likeness (QED) is 0.279. The van der Waals surface area contributed by atoms with Crippen molar-refractivity contribution in [1.82, 2.24) is 10.6 Å². The number of rotatable bonds is 13. The molecule has 6 nitrogen and oxygen atoms in total. The first-order valence-electron chi connectivity index (χ1n) is 10.8. The van der Waals surface area contributed by atoms with E-state index >= 15 is 0 Å². The first kappa shape index (κ1) is 25.4. The summed E-state index contributed by atoms with van der Waals surface area (Å²) in [6, 6.07) is 7.68. The van der Waals surface area contributed by atoms with Crippen LogP contribution in [0.3, 0.4) is 0 Å². The normalized spacial score (nSPS) is 12.4. The maximum atomic E-state index is 13.3. The van der Waals surface area contributed by atoms with E-state index in [0.29, 0.717) is 35.6 Å². The molecule has 0 bridgehead atoms. The summed E-state index contributed by atoms with van der Waals surface area (Å²) < 4.78 is 26.6. The summed E-state index contributed by atoms with van der Waals surface area (Å²) >= 11 is 0. The lowest BCUT2D eigenvalue weighted by molar-refractivity contribution is 0.471. The number of hydrogen-bond acceptors (Lipinski definition) is 6. The van der Waals surface area contributed by atoms with Crippen LogP contribution >= 0.6 is 0 Å². The summed E-state index contributed by atoms with van der Waals surface area (Å²) in [6.45, 7) is 8.00. The van der Waals surface area contributed by atoms with E-state index in [-0.39, 0.29) is 11.5 Å². The third-order valence-electron chi connectivity index (χ3n) is 4.90. The molecular weight excluding hydrogens is 414 g/mol. The van der Waals surface area contributed by atoms with Gasteiger partial charge in [0.2, 0.25) is 0 Å². The van der Waals surface area contributed by atoms with E-state index in [1.807, 2.05) is 0 Å². The summed E-state index contributed by atoms with van der Waals surface area (Å²) in [6.07, 6.45) is 1.68. The number of phenols is 2. The molecule has 2 aromatic rings. The molecule has 0 radical (unpaired) electrons. The van der Waals surface area contributed by atoms with Crippen molar-refractivity contribution in [3.63, 3.8) is 0 Å². The molecule has 2 aromatic carbocycles. The van der Waals surface area contributed by atoms with E-state index in [4.69, 9.17) is 0 Å². The number of aliphatic imine (C=N–C) groups is 2. The van der Waals surface area contributed by atoms with Gasteiger partial charge in [0.15, 0.2) is 0 Å². The molecular formula is C24H32F2N4O2. The lowest BCUT2D eigenvalue weighted by Gasteiger charge is -2.07. The maximum absolute atomic E-state index is 13.3. The first-order valence-corrected chi connectivity index (χ1v) is 10.8. The van der Waals surface area contributed by atoms with Crippen LogP contribution in [0.25, 0.3) is 0 Å². The molecule has 32 heavy (non-hydrogen) atoms. The Labute approximate surface area is 188 Å². The molecule has 0 aromatic heterocycles. The molecule has 0 saturated heterocycles. The van der Waals surface area contributed by atoms with Crippen LogP contribution in [0, 0.1) is 11.6 Å². The average molecular weight is 447 g/mol. The van der Waals surface area contributed by atoms with Gasteiger partial charge in [-0.3, -0.25) is 9.98 Å². The molecule has 0 atom stereocenters. The highest BCUT2D eigenvalue weighted by atomic mass is 19.1. The molecule has 0 aliphatic heterocycles. The predicted molar refractivity (Wildman–Crippen MR) is 125 cm³/mol. The van der Waals surface area contributed by atoms with E-state index in [9.17, 15) is 19.0 Å². The zero-order valence-corrected chi connectivity index (χ0v) is 18.7. The highest BCUT2D eigenvalue weighted by Crippen LogP contribution is 2.19. The third kappa shape index (κ3) is 8.72. The van der Waals surface area contributed by atoms with Crippen molar-refractivity contribution in [1.29, 1.82) is 0 Å². The van der Waals surface area contributed by atoms with Gasteiger partial charge in [0.1, 0.15) is 23.1 Å². The number of halogens is 2. The largest absolute Gasteiger partial charge is 0.507 e. The molecule has 0 spiro atoms. The minimum atomic E-state index is -0.394. The molecule has 2 rings (SSSR count). The number of nitrogens with one attached hydrogen (secondary N) is 2. The highest BCUT2D eigenvalue weighted by Gasteiger charge is 2.06. The second kappa shape index (κ2) is 13.5.